The molecule has 8 heteroatoms. The summed E-state index contributed by atoms with van der Waals surface area (Å²) in [7, 11) is -1.02. The number of hydrogen-bond donors (Lipinski definition) is 2. The Bertz CT molecular complexity index is 1470. The van der Waals surface area contributed by atoms with Crippen LogP contribution in [0.15, 0.2) is 42.5 Å². The SMILES string of the molecule is Cc1ccc(-c2c(C)c3c(c(C)c2C(OC(C)(C)C)C(=O)O)CN(C(=O)c2ccc4c(c2)B(O)OC4)C3)cc1. The maximum Gasteiger partial charge on any atom is 0.491 e. The van der Waals surface area contributed by atoms with Crippen molar-refractivity contribution < 1.29 is 29.1 Å². The highest BCUT2D eigenvalue weighted by atomic mass is 16.5. The summed E-state index contributed by atoms with van der Waals surface area (Å²) in [5.74, 6) is -1.20. The minimum absolute atomic E-state index is 0.147. The van der Waals surface area contributed by atoms with Crippen molar-refractivity contribution in [3.63, 3.8) is 0 Å². The molecule has 3 aromatic rings. The highest BCUT2D eigenvalue weighted by Gasteiger charge is 2.37. The molecule has 0 saturated carbocycles. The molecule has 202 valence electrons. The van der Waals surface area contributed by atoms with Crippen molar-refractivity contribution in [2.24, 2.45) is 0 Å². The van der Waals surface area contributed by atoms with Crippen LogP contribution in [0.2, 0.25) is 0 Å². The molecule has 2 N–H and O–H groups in total. The molecule has 7 nitrogen and oxygen atoms in total. The van der Waals surface area contributed by atoms with Crippen molar-refractivity contribution >= 4 is 24.5 Å². The molecular formula is C31H34BNO6. The van der Waals surface area contributed by atoms with E-state index in [0.717, 1.165) is 44.5 Å². The second kappa shape index (κ2) is 9.94. The van der Waals surface area contributed by atoms with Gasteiger partial charge in [0.25, 0.3) is 5.91 Å². The summed E-state index contributed by atoms with van der Waals surface area (Å²) in [6.45, 7) is 12.6. The number of amides is 1. The van der Waals surface area contributed by atoms with Crippen molar-refractivity contribution in [2.45, 2.75) is 72.9 Å². The van der Waals surface area contributed by atoms with E-state index in [1.54, 1.807) is 17.0 Å². The molecular weight excluding hydrogens is 493 g/mol. The molecule has 1 atom stereocenters. The van der Waals surface area contributed by atoms with Gasteiger partial charge in [-0.15, -0.1) is 0 Å². The molecule has 2 aliphatic rings. The van der Waals surface area contributed by atoms with Gasteiger partial charge in [-0.2, -0.15) is 0 Å². The van der Waals surface area contributed by atoms with E-state index in [1.807, 2.05) is 71.9 Å². The lowest BCUT2D eigenvalue weighted by molar-refractivity contribution is -0.160. The van der Waals surface area contributed by atoms with Crippen LogP contribution >= 0.6 is 0 Å². The molecule has 0 fully saturated rings. The number of aryl methyl sites for hydroxylation is 1. The van der Waals surface area contributed by atoms with Gasteiger partial charge in [-0.05, 0) is 98.1 Å². The first-order valence-corrected chi connectivity index (χ1v) is 13.2. The van der Waals surface area contributed by atoms with Gasteiger partial charge < -0.3 is 24.4 Å². The zero-order chi connectivity index (χ0) is 28.2. The van der Waals surface area contributed by atoms with Crippen molar-refractivity contribution in [3.05, 3.63) is 87.0 Å². The van der Waals surface area contributed by atoms with E-state index < -0.39 is 24.8 Å². The Kier molecular flexibility index (Phi) is 6.91. The molecule has 39 heavy (non-hydrogen) atoms. The maximum atomic E-state index is 13.6. The number of carbonyl (C=O) groups is 2. The summed E-state index contributed by atoms with van der Waals surface area (Å²) >= 11 is 0. The molecule has 1 unspecified atom stereocenters. The quantitative estimate of drug-likeness (QED) is 0.472. The van der Waals surface area contributed by atoms with E-state index in [0.29, 0.717) is 36.3 Å². The van der Waals surface area contributed by atoms with Crippen molar-refractivity contribution in [3.8, 4) is 11.1 Å². The van der Waals surface area contributed by atoms with Gasteiger partial charge in [0.05, 0.1) is 12.2 Å². The molecule has 0 bridgehead atoms. The van der Waals surface area contributed by atoms with Gasteiger partial charge in [0, 0.05) is 24.2 Å². The lowest BCUT2D eigenvalue weighted by Gasteiger charge is -2.29. The number of carboxylic acids is 1. The summed E-state index contributed by atoms with van der Waals surface area (Å²) in [5, 5.41) is 20.5. The zero-order valence-electron chi connectivity index (χ0n) is 23.3. The second-order valence-corrected chi connectivity index (χ2v) is 11.5. The first-order valence-electron chi connectivity index (χ1n) is 13.2. The van der Waals surface area contributed by atoms with Gasteiger partial charge >= 0.3 is 13.1 Å². The van der Waals surface area contributed by atoms with E-state index in [2.05, 4.69) is 0 Å². The molecule has 2 aliphatic heterocycles. The average molecular weight is 527 g/mol. The first kappa shape index (κ1) is 27.1. The highest BCUT2D eigenvalue weighted by Crippen LogP contribution is 2.44. The summed E-state index contributed by atoms with van der Waals surface area (Å²) in [5.41, 5.74) is 8.57. The fourth-order valence-electron chi connectivity index (χ4n) is 5.70. The zero-order valence-corrected chi connectivity index (χ0v) is 23.3. The number of rotatable bonds is 5. The van der Waals surface area contributed by atoms with Crippen LogP contribution in [0.4, 0.5) is 0 Å². The van der Waals surface area contributed by atoms with Gasteiger partial charge in [0.15, 0.2) is 6.10 Å². The van der Waals surface area contributed by atoms with E-state index >= 15 is 0 Å². The molecule has 1 amide bonds. The highest BCUT2D eigenvalue weighted by molar-refractivity contribution is 6.61. The van der Waals surface area contributed by atoms with Crippen molar-refractivity contribution in [2.75, 3.05) is 0 Å². The Balaban J connectivity index is 1.62. The third kappa shape index (κ3) is 5.00. The van der Waals surface area contributed by atoms with E-state index in [9.17, 15) is 19.7 Å². The summed E-state index contributed by atoms with van der Waals surface area (Å²) in [6.07, 6.45) is -1.17. The van der Waals surface area contributed by atoms with Crippen LogP contribution in [-0.2, 0) is 33.9 Å². The lowest BCUT2D eigenvalue weighted by Crippen LogP contribution is -2.31. The van der Waals surface area contributed by atoms with E-state index in [4.69, 9.17) is 9.39 Å². The largest absolute Gasteiger partial charge is 0.491 e. The molecule has 5 rings (SSSR count). The fraction of sp³-hybridized carbons (Fsp3) is 0.355. The molecule has 0 saturated heterocycles. The average Bonchev–Trinajstić information content (AvgIpc) is 3.49. The van der Waals surface area contributed by atoms with Crippen molar-refractivity contribution in [1.82, 2.24) is 4.90 Å². The minimum atomic E-state index is -1.17. The number of benzene rings is 3. The van der Waals surface area contributed by atoms with Crippen LogP contribution in [0.1, 0.15) is 76.2 Å². The topological polar surface area (TPSA) is 96.3 Å². The van der Waals surface area contributed by atoms with Crippen molar-refractivity contribution in [1.29, 1.82) is 0 Å². The Morgan fingerprint density at radius 2 is 1.64 bits per heavy atom. The normalized spacial score (nSPS) is 15.4. The van der Waals surface area contributed by atoms with Gasteiger partial charge in [-0.25, -0.2) is 4.79 Å². The van der Waals surface area contributed by atoms with Crippen LogP contribution < -0.4 is 5.46 Å². The molecule has 0 aliphatic carbocycles. The standard InChI is InChI=1S/C31H34BNO6/c1-17-7-9-20(10-8-17)26-18(2)23-14-33(29(34)21-11-12-22-16-38-32(37)25(22)13-21)15-24(23)19(3)27(26)28(30(35)36)39-31(4,5)6/h7-13,28,37H,14-16H2,1-6H3,(H,35,36). The smallest absolute Gasteiger partial charge is 0.479 e. The Labute approximate surface area is 229 Å². The number of nitrogens with zero attached hydrogens (tertiary/aromatic N) is 1. The lowest BCUT2D eigenvalue weighted by atomic mass is 9.78. The predicted molar refractivity (Wildman–Crippen MR) is 150 cm³/mol. The monoisotopic (exact) mass is 527 g/mol. The molecule has 0 aromatic heterocycles. The third-order valence-electron chi connectivity index (χ3n) is 7.66. The van der Waals surface area contributed by atoms with Gasteiger partial charge in [-0.1, -0.05) is 35.9 Å². The van der Waals surface area contributed by atoms with Gasteiger partial charge in [0.1, 0.15) is 0 Å². The first-order chi connectivity index (χ1) is 18.4. The molecule has 0 radical (unpaired) electrons. The molecule has 3 aromatic carbocycles. The van der Waals surface area contributed by atoms with Gasteiger partial charge in [0.2, 0.25) is 0 Å². The number of aliphatic carboxylic acids is 1. The predicted octanol–water partition coefficient (Wildman–Crippen LogP) is 4.59. The number of hydrogen-bond acceptors (Lipinski definition) is 5. The summed E-state index contributed by atoms with van der Waals surface area (Å²) in [4.78, 5) is 28.0. The Morgan fingerprint density at radius 1 is 1.00 bits per heavy atom. The summed E-state index contributed by atoms with van der Waals surface area (Å²) in [6, 6.07) is 13.4. The van der Waals surface area contributed by atoms with Crippen LogP contribution in [0.25, 0.3) is 11.1 Å². The van der Waals surface area contributed by atoms with Crippen LogP contribution in [-0.4, -0.2) is 39.6 Å². The third-order valence-corrected chi connectivity index (χ3v) is 7.66. The van der Waals surface area contributed by atoms with Crippen LogP contribution in [0.5, 0.6) is 0 Å². The minimum Gasteiger partial charge on any atom is -0.479 e. The number of carbonyl (C=O) groups excluding carboxylic acids is 1. The van der Waals surface area contributed by atoms with E-state index in [1.165, 1.54) is 0 Å². The Hall–Kier alpha value is -3.46. The number of fused-ring (bicyclic) bond motifs is 2. The van der Waals surface area contributed by atoms with Crippen LogP contribution in [0.3, 0.4) is 0 Å². The molecule has 2 heterocycles. The number of carboxylic acid groups (broad SMARTS) is 1. The number of ether oxygens (including phenoxy) is 1. The van der Waals surface area contributed by atoms with Crippen LogP contribution in [0, 0.1) is 20.8 Å². The van der Waals surface area contributed by atoms with Gasteiger partial charge in [-0.3, -0.25) is 4.79 Å². The maximum absolute atomic E-state index is 13.6. The molecule has 0 spiro atoms. The second-order valence-electron chi connectivity index (χ2n) is 11.5. The Morgan fingerprint density at radius 3 is 2.26 bits per heavy atom. The van der Waals surface area contributed by atoms with E-state index in [-0.39, 0.29) is 5.91 Å². The summed E-state index contributed by atoms with van der Waals surface area (Å²) < 4.78 is 11.4. The fourth-order valence-corrected chi connectivity index (χ4v) is 5.70.